The van der Waals surface area contributed by atoms with E-state index in [0.717, 1.165) is 5.56 Å². The Labute approximate surface area is 138 Å². The van der Waals surface area contributed by atoms with Crippen LogP contribution in [0.15, 0.2) is 64.6 Å². The quantitative estimate of drug-likeness (QED) is 0.686. The second-order valence-electron chi connectivity index (χ2n) is 6.43. The number of sulfonamides is 1. The lowest BCUT2D eigenvalue weighted by molar-refractivity contribution is 0.584. The van der Waals surface area contributed by atoms with Gasteiger partial charge in [0.2, 0.25) is 0 Å². The molecule has 0 saturated heterocycles. The lowest BCUT2D eigenvalue weighted by Crippen LogP contribution is -2.20. The van der Waals surface area contributed by atoms with Crippen LogP contribution in [0.1, 0.15) is 38.8 Å². The molecular weight excluding hydrogens is 308 g/mol. The summed E-state index contributed by atoms with van der Waals surface area (Å²) in [5, 5.41) is 4.01. The third-order valence-electron chi connectivity index (χ3n) is 3.56. The molecule has 0 aliphatic rings. The zero-order chi connectivity index (χ0) is 17.1. The van der Waals surface area contributed by atoms with Crippen molar-refractivity contribution in [2.45, 2.75) is 38.0 Å². The second-order valence-corrected chi connectivity index (χ2v) is 8.09. The van der Waals surface area contributed by atoms with Gasteiger partial charge in [0, 0.05) is 0 Å². The molecule has 0 radical (unpaired) electrons. The minimum atomic E-state index is -3.63. The smallest absolute Gasteiger partial charge is 0.200 e. The SMILES string of the molecule is C/C(=N\NS(=O)(=O)c1ccccc1)c1ccc(C(C)(C)C)cc1. The zero-order valence-electron chi connectivity index (χ0n) is 13.9. The van der Waals surface area contributed by atoms with Crippen LogP contribution in [-0.4, -0.2) is 14.1 Å². The van der Waals surface area contributed by atoms with Gasteiger partial charge in [0.15, 0.2) is 0 Å². The zero-order valence-corrected chi connectivity index (χ0v) is 14.7. The maximum absolute atomic E-state index is 12.1. The van der Waals surface area contributed by atoms with E-state index in [-0.39, 0.29) is 10.3 Å². The monoisotopic (exact) mass is 330 g/mol. The summed E-state index contributed by atoms with van der Waals surface area (Å²) in [6.07, 6.45) is 0. The summed E-state index contributed by atoms with van der Waals surface area (Å²) in [5.41, 5.74) is 2.80. The van der Waals surface area contributed by atoms with E-state index in [2.05, 4.69) is 30.7 Å². The fraction of sp³-hybridized carbons (Fsp3) is 0.278. The maximum Gasteiger partial charge on any atom is 0.276 e. The first-order chi connectivity index (χ1) is 10.7. The van der Waals surface area contributed by atoms with Gasteiger partial charge in [-0.05, 0) is 35.6 Å². The summed E-state index contributed by atoms with van der Waals surface area (Å²) in [6, 6.07) is 16.2. The average molecular weight is 330 g/mol. The van der Waals surface area contributed by atoms with Crippen LogP contribution in [0.4, 0.5) is 0 Å². The van der Waals surface area contributed by atoms with Crippen molar-refractivity contribution in [2.75, 3.05) is 0 Å². The minimum absolute atomic E-state index is 0.0818. The molecule has 0 amide bonds. The summed E-state index contributed by atoms with van der Waals surface area (Å²) >= 11 is 0. The molecule has 0 bridgehead atoms. The fourth-order valence-corrected chi connectivity index (χ4v) is 2.93. The van der Waals surface area contributed by atoms with E-state index < -0.39 is 10.0 Å². The lowest BCUT2D eigenvalue weighted by atomic mass is 9.86. The maximum atomic E-state index is 12.1. The molecule has 0 atom stereocenters. The van der Waals surface area contributed by atoms with Crippen molar-refractivity contribution in [3.63, 3.8) is 0 Å². The number of hydrogen-bond donors (Lipinski definition) is 1. The van der Waals surface area contributed by atoms with Crippen LogP contribution in [0.25, 0.3) is 0 Å². The van der Waals surface area contributed by atoms with E-state index in [9.17, 15) is 8.42 Å². The third-order valence-corrected chi connectivity index (χ3v) is 4.78. The normalized spacial score (nSPS) is 13.0. The van der Waals surface area contributed by atoms with Crippen LogP contribution in [0.3, 0.4) is 0 Å². The first kappa shape index (κ1) is 17.2. The lowest BCUT2D eigenvalue weighted by Gasteiger charge is -2.19. The fourth-order valence-electron chi connectivity index (χ4n) is 2.06. The standard InChI is InChI=1S/C18H22N2O2S/c1-14(15-10-12-16(13-11-15)18(2,3)4)19-20-23(21,22)17-8-6-5-7-9-17/h5-13,20H,1-4H3/b19-14+. The van der Waals surface area contributed by atoms with Crippen molar-refractivity contribution < 1.29 is 8.42 Å². The van der Waals surface area contributed by atoms with Gasteiger partial charge in [-0.3, -0.25) is 0 Å². The summed E-state index contributed by atoms with van der Waals surface area (Å²) < 4.78 is 24.3. The molecule has 0 aromatic heterocycles. The Morgan fingerprint density at radius 1 is 0.957 bits per heavy atom. The van der Waals surface area contributed by atoms with E-state index in [1.807, 2.05) is 24.3 Å². The van der Waals surface area contributed by atoms with Crippen LogP contribution in [0.2, 0.25) is 0 Å². The first-order valence-corrected chi connectivity index (χ1v) is 8.90. The number of hydrazone groups is 1. The summed E-state index contributed by atoms with van der Waals surface area (Å²) in [7, 11) is -3.63. The number of benzene rings is 2. The van der Waals surface area contributed by atoms with Crippen molar-refractivity contribution in [1.29, 1.82) is 0 Å². The van der Waals surface area contributed by atoms with Gasteiger partial charge in [-0.25, -0.2) is 0 Å². The van der Waals surface area contributed by atoms with Gasteiger partial charge in [-0.15, -0.1) is 0 Å². The Morgan fingerprint density at radius 3 is 2.04 bits per heavy atom. The van der Waals surface area contributed by atoms with Gasteiger partial charge in [0.05, 0.1) is 10.6 Å². The van der Waals surface area contributed by atoms with E-state index in [1.165, 1.54) is 17.7 Å². The van der Waals surface area contributed by atoms with E-state index >= 15 is 0 Å². The molecule has 0 spiro atoms. The molecule has 0 fully saturated rings. The topological polar surface area (TPSA) is 58.5 Å². The van der Waals surface area contributed by atoms with E-state index in [0.29, 0.717) is 5.71 Å². The molecule has 0 aliphatic heterocycles. The molecule has 0 heterocycles. The predicted molar refractivity (Wildman–Crippen MR) is 94.1 cm³/mol. The molecule has 5 heteroatoms. The van der Waals surface area contributed by atoms with E-state index in [4.69, 9.17) is 0 Å². The summed E-state index contributed by atoms with van der Waals surface area (Å²) in [6.45, 7) is 8.23. The summed E-state index contributed by atoms with van der Waals surface area (Å²) in [4.78, 5) is 2.47. The Morgan fingerprint density at radius 2 is 1.52 bits per heavy atom. The molecule has 4 nitrogen and oxygen atoms in total. The van der Waals surface area contributed by atoms with Gasteiger partial charge in [-0.1, -0.05) is 63.2 Å². The highest BCUT2D eigenvalue weighted by atomic mass is 32.2. The molecule has 2 aromatic carbocycles. The molecule has 2 rings (SSSR count). The number of nitrogens with one attached hydrogen (secondary N) is 1. The molecular formula is C18H22N2O2S. The first-order valence-electron chi connectivity index (χ1n) is 7.42. The number of rotatable bonds is 4. The third kappa shape index (κ3) is 4.42. The van der Waals surface area contributed by atoms with Crippen LogP contribution in [-0.2, 0) is 15.4 Å². The van der Waals surface area contributed by atoms with Crippen LogP contribution in [0, 0.1) is 0 Å². The highest BCUT2D eigenvalue weighted by Gasteiger charge is 2.14. The van der Waals surface area contributed by atoms with Crippen LogP contribution >= 0.6 is 0 Å². The second kappa shape index (κ2) is 6.54. The molecule has 1 N–H and O–H groups in total. The highest BCUT2D eigenvalue weighted by molar-refractivity contribution is 7.89. The van der Waals surface area contributed by atoms with E-state index in [1.54, 1.807) is 25.1 Å². The van der Waals surface area contributed by atoms with Crippen LogP contribution in [0.5, 0.6) is 0 Å². The Balaban J connectivity index is 2.17. The largest absolute Gasteiger partial charge is 0.276 e. The van der Waals surface area contributed by atoms with Crippen molar-refractivity contribution in [3.05, 3.63) is 65.7 Å². The van der Waals surface area contributed by atoms with Crippen molar-refractivity contribution >= 4 is 15.7 Å². The van der Waals surface area contributed by atoms with Crippen molar-refractivity contribution in [1.82, 2.24) is 4.83 Å². The molecule has 0 aliphatic carbocycles. The van der Waals surface area contributed by atoms with Crippen LogP contribution < -0.4 is 4.83 Å². The predicted octanol–water partition coefficient (Wildman–Crippen LogP) is 3.69. The van der Waals surface area contributed by atoms with Gasteiger partial charge < -0.3 is 0 Å². The summed E-state index contributed by atoms with van der Waals surface area (Å²) in [5.74, 6) is 0. The molecule has 0 unspecified atom stereocenters. The minimum Gasteiger partial charge on any atom is -0.200 e. The molecule has 23 heavy (non-hydrogen) atoms. The Kier molecular flexibility index (Phi) is 4.90. The molecule has 2 aromatic rings. The van der Waals surface area contributed by atoms with Gasteiger partial charge >= 0.3 is 0 Å². The average Bonchev–Trinajstić information content (AvgIpc) is 2.53. The van der Waals surface area contributed by atoms with Gasteiger partial charge in [-0.2, -0.15) is 18.4 Å². The number of hydrogen-bond acceptors (Lipinski definition) is 3. The Bertz CT molecular complexity index is 787. The highest BCUT2D eigenvalue weighted by Crippen LogP contribution is 2.22. The van der Waals surface area contributed by atoms with Crippen molar-refractivity contribution in [2.24, 2.45) is 5.10 Å². The van der Waals surface area contributed by atoms with Gasteiger partial charge in [0.25, 0.3) is 10.0 Å². The molecule has 122 valence electrons. The van der Waals surface area contributed by atoms with Crippen molar-refractivity contribution in [3.8, 4) is 0 Å². The Hall–Kier alpha value is -2.14. The van der Waals surface area contributed by atoms with Gasteiger partial charge in [0.1, 0.15) is 0 Å². The molecule has 0 saturated carbocycles. The number of nitrogens with zero attached hydrogens (tertiary/aromatic N) is 1.